The second-order valence-electron chi connectivity index (χ2n) is 5.98. The third kappa shape index (κ3) is 4.70. The molecule has 0 aliphatic carbocycles. The van der Waals surface area contributed by atoms with Crippen molar-refractivity contribution in [3.8, 4) is 5.75 Å². The van der Waals surface area contributed by atoms with Gasteiger partial charge in [-0.25, -0.2) is 0 Å². The molecule has 0 fully saturated rings. The van der Waals surface area contributed by atoms with Crippen LogP contribution in [0.1, 0.15) is 21.5 Å². The monoisotopic (exact) mass is 331 g/mol. The Morgan fingerprint density at radius 3 is 2.12 bits per heavy atom. The fourth-order valence-electron chi connectivity index (χ4n) is 2.60. The highest BCUT2D eigenvalue weighted by atomic mass is 16.5. The van der Waals surface area contributed by atoms with Crippen molar-refractivity contribution in [2.75, 3.05) is 11.9 Å². The maximum absolute atomic E-state index is 10.7. The summed E-state index contributed by atoms with van der Waals surface area (Å²) in [4.78, 5) is 12.9. The van der Waals surface area contributed by atoms with Crippen molar-refractivity contribution in [3.05, 3.63) is 95.6 Å². The summed E-state index contributed by atoms with van der Waals surface area (Å²) in [7, 11) is 2.09. The molecule has 0 unspecified atom stereocenters. The second kappa shape index (κ2) is 8.15. The fraction of sp³-hybridized carbons (Fsp3) is 0.136. The van der Waals surface area contributed by atoms with Gasteiger partial charge in [-0.2, -0.15) is 0 Å². The Morgan fingerprint density at radius 2 is 1.48 bits per heavy atom. The van der Waals surface area contributed by atoms with Crippen molar-refractivity contribution < 1.29 is 9.53 Å². The molecule has 0 aromatic heterocycles. The van der Waals surface area contributed by atoms with Gasteiger partial charge in [0, 0.05) is 24.8 Å². The van der Waals surface area contributed by atoms with Gasteiger partial charge in [-0.1, -0.05) is 54.6 Å². The molecule has 0 bridgehead atoms. The van der Waals surface area contributed by atoms with Gasteiger partial charge < -0.3 is 9.64 Å². The summed E-state index contributed by atoms with van der Waals surface area (Å²) in [5.41, 5.74) is 4.14. The number of nitrogens with zero attached hydrogens (tertiary/aromatic N) is 1. The number of carbonyl (C=O) groups excluding carboxylic acids is 1. The number of carbonyl (C=O) groups is 1. The van der Waals surface area contributed by atoms with E-state index in [0.717, 1.165) is 24.1 Å². The largest absolute Gasteiger partial charge is 0.489 e. The van der Waals surface area contributed by atoms with Crippen molar-refractivity contribution in [3.63, 3.8) is 0 Å². The van der Waals surface area contributed by atoms with Gasteiger partial charge in [-0.3, -0.25) is 4.79 Å². The van der Waals surface area contributed by atoms with Gasteiger partial charge in [0.25, 0.3) is 0 Å². The molecule has 126 valence electrons. The van der Waals surface area contributed by atoms with E-state index in [4.69, 9.17) is 4.74 Å². The van der Waals surface area contributed by atoms with Crippen LogP contribution >= 0.6 is 0 Å². The van der Waals surface area contributed by atoms with Gasteiger partial charge in [0.2, 0.25) is 0 Å². The Labute approximate surface area is 148 Å². The summed E-state index contributed by atoms with van der Waals surface area (Å²) in [6.45, 7) is 1.33. The van der Waals surface area contributed by atoms with Crippen LogP contribution in [0.25, 0.3) is 0 Å². The number of rotatable bonds is 7. The van der Waals surface area contributed by atoms with Gasteiger partial charge >= 0.3 is 0 Å². The Bertz CT molecular complexity index is 796. The minimum Gasteiger partial charge on any atom is -0.489 e. The van der Waals surface area contributed by atoms with Crippen LogP contribution < -0.4 is 9.64 Å². The zero-order chi connectivity index (χ0) is 17.5. The maximum atomic E-state index is 10.7. The summed E-state index contributed by atoms with van der Waals surface area (Å²) in [5.74, 6) is 0.838. The molecule has 3 heteroatoms. The molecule has 25 heavy (non-hydrogen) atoms. The smallest absolute Gasteiger partial charge is 0.150 e. The van der Waals surface area contributed by atoms with Crippen LogP contribution in [0, 0.1) is 0 Å². The molecule has 0 saturated carbocycles. The second-order valence-corrected chi connectivity index (χ2v) is 5.98. The van der Waals surface area contributed by atoms with E-state index in [1.807, 2.05) is 42.5 Å². The highest BCUT2D eigenvalue weighted by Gasteiger charge is 2.02. The van der Waals surface area contributed by atoms with Gasteiger partial charge in [-0.05, 0) is 35.4 Å². The lowest BCUT2D eigenvalue weighted by atomic mass is 10.1. The van der Waals surface area contributed by atoms with Crippen molar-refractivity contribution in [2.45, 2.75) is 13.2 Å². The highest BCUT2D eigenvalue weighted by Crippen LogP contribution is 2.18. The first-order valence-electron chi connectivity index (χ1n) is 8.26. The lowest BCUT2D eigenvalue weighted by Crippen LogP contribution is -2.15. The number of hydrogen-bond donors (Lipinski definition) is 0. The van der Waals surface area contributed by atoms with E-state index >= 15 is 0 Å². The van der Waals surface area contributed by atoms with Crippen LogP contribution in [0.15, 0.2) is 78.9 Å². The molecular weight excluding hydrogens is 310 g/mol. The van der Waals surface area contributed by atoms with Gasteiger partial charge in [0.1, 0.15) is 18.6 Å². The number of hydrogen-bond acceptors (Lipinski definition) is 3. The summed E-state index contributed by atoms with van der Waals surface area (Å²) >= 11 is 0. The Balaban J connectivity index is 1.55. The molecule has 3 rings (SSSR count). The molecule has 0 N–H and O–H groups in total. The van der Waals surface area contributed by atoms with E-state index in [2.05, 4.69) is 36.2 Å². The van der Waals surface area contributed by atoms with E-state index in [9.17, 15) is 4.79 Å². The maximum Gasteiger partial charge on any atom is 0.150 e. The lowest BCUT2D eigenvalue weighted by molar-refractivity contribution is 0.112. The predicted molar refractivity (Wildman–Crippen MR) is 101 cm³/mol. The van der Waals surface area contributed by atoms with Crippen LogP contribution in [-0.4, -0.2) is 13.3 Å². The first kappa shape index (κ1) is 16.8. The topological polar surface area (TPSA) is 29.5 Å². The molecule has 0 aliphatic rings. The Morgan fingerprint density at radius 1 is 0.840 bits per heavy atom. The van der Waals surface area contributed by atoms with Crippen molar-refractivity contribution in [1.82, 2.24) is 0 Å². The van der Waals surface area contributed by atoms with Crippen LogP contribution in [-0.2, 0) is 13.2 Å². The van der Waals surface area contributed by atoms with Crippen molar-refractivity contribution >= 4 is 12.0 Å². The van der Waals surface area contributed by atoms with E-state index in [0.29, 0.717) is 12.2 Å². The van der Waals surface area contributed by atoms with Crippen LogP contribution in [0.5, 0.6) is 5.75 Å². The predicted octanol–water partition coefficient (Wildman–Crippen LogP) is 4.71. The molecule has 0 aliphatic heterocycles. The SMILES string of the molecule is CN(Cc1ccc(OCc2ccc(C=O)cc2)cc1)c1ccccc1. The summed E-state index contributed by atoms with van der Waals surface area (Å²) < 4.78 is 5.81. The zero-order valence-corrected chi connectivity index (χ0v) is 14.3. The molecule has 0 spiro atoms. The van der Waals surface area contributed by atoms with Crippen molar-refractivity contribution in [1.29, 1.82) is 0 Å². The molecule has 3 aromatic rings. The Hall–Kier alpha value is -3.07. The fourth-order valence-corrected chi connectivity index (χ4v) is 2.60. The normalized spacial score (nSPS) is 10.3. The third-order valence-electron chi connectivity index (χ3n) is 4.06. The minimum atomic E-state index is 0.488. The van der Waals surface area contributed by atoms with Crippen LogP contribution in [0.2, 0.25) is 0 Å². The molecule has 0 saturated heterocycles. The molecule has 0 amide bonds. The minimum absolute atomic E-state index is 0.488. The molecule has 3 aromatic carbocycles. The van der Waals surface area contributed by atoms with E-state index in [1.165, 1.54) is 11.3 Å². The molecule has 0 heterocycles. The first-order chi connectivity index (χ1) is 12.2. The van der Waals surface area contributed by atoms with E-state index < -0.39 is 0 Å². The number of benzene rings is 3. The quantitative estimate of drug-likeness (QED) is 0.587. The number of ether oxygens (including phenoxy) is 1. The van der Waals surface area contributed by atoms with Gasteiger partial charge in [-0.15, -0.1) is 0 Å². The van der Waals surface area contributed by atoms with E-state index in [1.54, 1.807) is 12.1 Å². The zero-order valence-electron chi connectivity index (χ0n) is 14.3. The molecular formula is C22H21NO2. The molecule has 3 nitrogen and oxygen atoms in total. The van der Waals surface area contributed by atoms with Crippen molar-refractivity contribution in [2.24, 2.45) is 0 Å². The standard InChI is InChI=1S/C22H21NO2/c1-23(21-5-3-2-4-6-21)15-18-11-13-22(14-12-18)25-17-20-9-7-19(16-24)8-10-20/h2-14,16H,15,17H2,1H3. The van der Waals surface area contributed by atoms with Crippen LogP contribution in [0.3, 0.4) is 0 Å². The molecule has 0 radical (unpaired) electrons. The number of para-hydroxylation sites is 1. The summed E-state index contributed by atoms with van der Waals surface area (Å²) in [6, 6.07) is 25.9. The number of aldehydes is 1. The lowest BCUT2D eigenvalue weighted by Gasteiger charge is -2.19. The van der Waals surface area contributed by atoms with E-state index in [-0.39, 0.29) is 0 Å². The van der Waals surface area contributed by atoms with Gasteiger partial charge in [0.05, 0.1) is 0 Å². The summed E-state index contributed by atoms with van der Waals surface area (Å²) in [5, 5.41) is 0. The number of anilines is 1. The summed E-state index contributed by atoms with van der Waals surface area (Å²) in [6.07, 6.45) is 0.843. The highest BCUT2D eigenvalue weighted by molar-refractivity contribution is 5.74. The van der Waals surface area contributed by atoms with Crippen LogP contribution in [0.4, 0.5) is 5.69 Å². The third-order valence-corrected chi connectivity index (χ3v) is 4.06. The first-order valence-corrected chi connectivity index (χ1v) is 8.26. The molecule has 0 atom stereocenters. The Kier molecular flexibility index (Phi) is 5.47. The average Bonchev–Trinajstić information content (AvgIpc) is 2.68. The average molecular weight is 331 g/mol. The van der Waals surface area contributed by atoms with Gasteiger partial charge in [0.15, 0.2) is 0 Å².